The van der Waals surface area contributed by atoms with E-state index in [1.54, 1.807) is 11.8 Å². The van der Waals surface area contributed by atoms with E-state index >= 15 is 0 Å². The summed E-state index contributed by atoms with van der Waals surface area (Å²) in [5, 5.41) is 11.8. The van der Waals surface area contributed by atoms with Crippen LogP contribution in [0.15, 0.2) is 18.2 Å². The summed E-state index contributed by atoms with van der Waals surface area (Å²) in [7, 11) is 1.61. The summed E-state index contributed by atoms with van der Waals surface area (Å²) in [4.78, 5) is 0. The minimum absolute atomic E-state index is 0.613. The van der Waals surface area contributed by atoms with Gasteiger partial charge < -0.3 is 10.5 Å². The number of aromatic nitrogens is 4. The zero-order valence-electron chi connectivity index (χ0n) is 10.6. The Hall–Kier alpha value is -2.11. The van der Waals surface area contributed by atoms with Crippen molar-refractivity contribution >= 4 is 5.69 Å². The average Bonchev–Trinajstić information content (AvgIpc) is 2.83. The molecule has 0 atom stereocenters. The fourth-order valence-electron chi connectivity index (χ4n) is 1.80. The first-order valence-electron chi connectivity index (χ1n) is 5.97. The van der Waals surface area contributed by atoms with Gasteiger partial charge in [-0.3, -0.25) is 0 Å². The molecule has 96 valence electrons. The summed E-state index contributed by atoms with van der Waals surface area (Å²) < 4.78 is 7.08. The minimum Gasteiger partial charge on any atom is -0.496 e. The summed E-state index contributed by atoms with van der Waals surface area (Å²) in [6.07, 6.45) is 2.10. The van der Waals surface area contributed by atoms with Crippen molar-refractivity contribution in [1.82, 2.24) is 20.2 Å². The van der Waals surface area contributed by atoms with Crippen LogP contribution in [0.3, 0.4) is 0 Å². The minimum atomic E-state index is 0.613. The van der Waals surface area contributed by atoms with Crippen molar-refractivity contribution < 1.29 is 4.74 Å². The Kier molecular flexibility index (Phi) is 3.76. The van der Waals surface area contributed by atoms with E-state index in [4.69, 9.17) is 10.5 Å². The topological polar surface area (TPSA) is 78.9 Å². The molecular formula is C12H17N5O. The summed E-state index contributed by atoms with van der Waals surface area (Å²) in [6, 6.07) is 5.51. The van der Waals surface area contributed by atoms with E-state index < -0.39 is 0 Å². The third-order valence-electron chi connectivity index (χ3n) is 2.76. The SMILES string of the molecule is CCCCn1nnnc1-c1c(N)cccc1OC. The number of methoxy groups -OCH3 is 1. The highest BCUT2D eigenvalue weighted by Crippen LogP contribution is 2.33. The molecule has 0 bridgehead atoms. The number of rotatable bonds is 5. The van der Waals surface area contributed by atoms with Crippen LogP contribution in [-0.2, 0) is 6.54 Å². The van der Waals surface area contributed by atoms with Crippen molar-refractivity contribution in [2.75, 3.05) is 12.8 Å². The van der Waals surface area contributed by atoms with Crippen molar-refractivity contribution in [3.05, 3.63) is 18.2 Å². The first-order valence-corrected chi connectivity index (χ1v) is 5.97. The maximum atomic E-state index is 6.00. The van der Waals surface area contributed by atoms with Crippen LogP contribution < -0.4 is 10.5 Å². The zero-order chi connectivity index (χ0) is 13.0. The molecule has 0 aliphatic heterocycles. The highest BCUT2D eigenvalue weighted by Gasteiger charge is 2.16. The second-order valence-electron chi connectivity index (χ2n) is 4.00. The zero-order valence-corrected chi connectivity index (χ0v) is 10.6. The molecular weight excluding hydrogens is 230 g/mol. The molecule has 1 aromatic heterocycles. The molecule has 0 fully saturated rings. The third-order valence-corrected chi connectivity index (χ3v) is 2.76. The van der Waals surface area contributed by atoms with Gasteiger partial charge in [0.15, 0.2) is 5.82 Å². The predicted octanol–water partition coefficient (Wildman–Crippen LogP) is 1.73. The van der Waals surface area contributed by atoms with E-state index in [1.165, 1.54) is 0 Å². The lowest BCUT2D eigenvalue weighted by Crippen LogP contribution is -2.05. The van der Waals surface area contributed by atoms with Crippen LogP contribution >= 0.6 is 0 Å². The van der Waals surface area contributed by atoms with Gasteiger partial charge in [0.2, 0.25) is 0 Å². The van der Waals surface area contributed by atoms with Crippen molar-refractivity contribution in [3.8, 4) is 17.1 Å². The normalized spacial score (nSPS) is 10.6. The van der Waals surface area contributed by atoms with Crippen LogP contribution in [0.1, 0.15) is 19.8 Å². The van der Waals surface area contributed by atoms with E-state index in [0.717, 1.165) is 24.9 Å². The fraction of sp³-hybridized carbons (Fsp3) is 0.417. The molecule has 0 amide bonds. The Bertz CT molecular complexity index is 523. The number of unbranched alkanes of at least 4 members (excludes halogenated alkanes) is 1. The third kappa shape index (κ3) is 2.27. The number of tetrazole rings is 1. The summed E-state index contributed by atoms with van der Waals surface area (Å²) in [5.74, 6) is 1.33. The van der Waals surface area contributed by atoms with Crippen molar-refractivity contribution in [2.24, 2.45) is 0 Å². The molecule has 1 heterocycles. The summed E-state index contributed by atoms with van der Waals surface area (Å²) in [5.41, 5.74) is 7.36. The van der Waals surface area contributed by atoms with Gasteiger partial charge in [0.1, 0.15) is 5.75 Å². The van der Waals surface area contributed by atoms with Crippen LogP contribution in [0.25, 0.3) is 11.4 Å². The van der Waals surface area contributed by atoms with E-state index in [9.17, 15) is 0 Å². The molecule has 18 heavy (non-hydrogen) atoms. The first-order chi connectivity index (χ1) is 8.77. The maximum Gasteiger partial charge on any atom is 0.187 e. The van der Waals surface area contributed by atoms with Crippen LogP contribution in [-0.4, -0.2) is 27.3 Å². The number of benzene rings is 1. The average molecular weight is 247 g/mol. The van der Waals surface area contributed by atoms with Gasteiger partial charge in [-0.1, -0.05) is 19.4 Å². The van der Waals surface area contributed by atoms with Crippen molar-refractivity contribution in [3.63, 3.8) is 0 Å². The second kappa shape index (κ2) is 5.48. The van der Waals surface area contributed by atoms with Gasteiger partial charge in [-0.25, -0.2) is 4.68 Å². The lowest BCUT2D eigenvalue weighted by atomic mass is 10.1. The Morgan fingerprint density at radius 3 is 2.94 bits per heavy atom. The number of hydrogen-bond acceptors (Lipinski definition) is 5. The Morgan fingerprint density at radius 2 is 2.22 bits per heavy atom. The van der Waals surface area contributed by atoms with Crippen molar-refractivity contribution in [2.45, 2.75) is 26.3 Å². The number of hydrogen-bond donors (Lipinski definition) is 1. The molecule has 2 N–H and O–H groups in total. The largest absolute Gasteiger partial charge is 0.496 e. The number of ether oxygens (including phenoxy) is 1. The lowest BCUT2D eigenvalue weighted by molar-refractivity contribution is 0.416. The van der Waals surface area contributed by atoms with E-state index in [0.29, 0.717) is 17.3 Å². The molecule has 2 rings (SSSR count). The highest BCUT2D eigenvalue weighted by molar-refractivity contribution is 5.77. The van der Waals surface area contributed by atoms with Gasteiger partial charge in [0.05, 0.1) is 12.7 Å². The molecule has 0 aliphatic carbocycles. The van der Waals surface area contributed by atoms with E-state index in [1.807, 2.05) is 18.2 Å². The molecule has 2 aromatic rings. The van der Waals surface area contributed by atoms with Gasteiger partial charge in [-0.2, -0.15) is 0 Å². The Labute approximate surface area is 106 Å². The van der Waals surface area contributed by atoms with Gasteiger partial charge in [-0.15, -0.1) is 5.10 Å². The lowest BCUT2D eigenvalue weighted by Gasteiger charge is -2.10. The molecule has 0 saturated carbocycles. The smallest absolute Gasteiger partial charge is 0.187 e. The van der Waals surface area contributed by atoms with Crippen LogP contribution in [0.4, 0.5) is 5.69 Å². The number of nitrogen functional groups attached to an aromatic ring is 1. The molecule has 0 aliphatic rings. The quantitative estimate of drug-likeness (QED) is 0.814. The van der Waals surface area contributed by atoms with E-state index in [2.05, 4.69) is 22.4 Å². The number of anilines is 1. The number of nitrogens with two attached hydrogens (primary N) is 1. The van der Waals surface area contributed by atoms with Crippen LogP contribution in [0, 0.1) is 0 Å². The summed E-state index contributed by atoms with van der Waals surface area (Å²) >= 11 is 0. The molecule has 0 radical (unpaired) electrons. The fourth-order valence-corrected chi connectivity index (χ4v) is 1.80. The molecule has 0 saturated heterocycles. The van der Waals surface area contributed by atoms with Gasteiger partial charge in [-0.05, 0) is 29.0 Å². The highest BCUT2D eigenvalue weighted by atomic mass is 16.5. The van der Waals surface area contributed by atoms with Gasteiger partial charge >= 0.3 is 0 Å². The van der Waals surface area contributed by atoms with Gasteiger partial charge in [0, 0.05) is 12.2 Å². The molecule has 0 unspecified atom stereocenters. The van der Waals surface area contributed by atoms with Crippen LogP contribution in [0.5, 0.6) is 5.75 Å². The Morgan fingerprint density at radius 1 is 1.39 bits per heavy atom. The van der Waals surface area contributed by atoms with E-state index in [-0.39, 0.29) is 0 Å². The molecule has 1 aromatic carbocycles. The molecule has 0 spiro atoms. The van der Waals surface area contributed by atoms with Gasteiger partial charge in [0.25, 0.3) is 0 Å². The Balaban J connectivity index is 2.45. The van der Waals surface area contributed by atoms with Crippen LogP contribution in [0.2, 0.25) is 0 Å². The number of aryl methyl sites for hydroxylation is 1. The first kappa shape index (κ1) is 12.3. The summed E-state index contributed by atoms with van der Waals surface area (Å²) in [6.45, 7) is 2.90. The monoisotopic (exact) mass is 247 g/mol. The van der Waals surface area contributed by atoms with Crippen molar-refractivity contribution in [1.29, 1.82) is 0 Å². The molecule has 6 heteroatoms. The second-order valence-corrected chi connectivity index (χ2v) is 4.00. The maximum absolute atomic E-state index is 6.00. The number of nitrogens with zero attached hydrogens (tertiary/aromatic N) is 4. The molecule has 6 nitrogen and oxygen atoms in total. The standard InChI is InChI=1S/C12H17N5O/c1-3-4-8-17-12(14-15-16-17)11-9(13)6-5-7-10(11)18-2/h5-7H,3-4,8,13H2,1-2H3. The predicted molar refractivity (Wildman–Crippen MR) is 69.1 cm³/mol.